The molecule has 0 unspecified atom stereocenters. The molecule has 0 aliphatic rings. The molecule has 4 nitrogen and oxygen atoms in total. The SMILES string of the molecule is C=C(C)CCOC(=O)c1cccc(C(=O)OCCC(=C)C)c1. The van der Waals surface area contributed by atoms with E-state index in [2.05, 4.69) is 13.2 Å². The van der Waals surface area contributed by atoms with Gasteiger partial charge in [0.1, 0.15) is 0 Å². The van der Waals surface area contributed by atoms with E-state index in [4.69, 9.17) is 9.47 Å². The smallest absolute Gasteiger partial charge is 0.338 e. The van der Waals surface area contributed by atoms with Crippen LogP contribution in [0.4, 0.5) is 0 Å². The van der Waals surface area contributed by atoms with Crippen LogP contribution in [-0.4, -0.2) is 25.2 Å². The Balaban J connectivity index is 2.60. The third-order valence-corrected chi connectivity index (χ3v) is 2.86. The van der Waals surface area contributed by atoms with Crippen LogP contribution < -0.4 is 0 Å². The van der Waals surface area contributed by atoms with Crippen molar-refractivity contribution >= 4 is 11.9 Å². The zero-order valence-electron chi connectivity index (χ0n) is 13.2. The number of benzene rings is 1. The summed E-state index contributed by atoms with van der Waals surface area (Å²) in [5.41, 5.74) is 2.55. The van der Waals surface area contributed by atoms with Gasteiger partial charge in [-0.25, -0.2) is 9.59 Å². The van der Waals surface area contributed by atoms with Crippen LogP contribution >= 0.6 is 0 Å². The van der Waals surface area contributed by atoms with Gasteiger partial charge in [-0.05, 0) is 32.0 Å². The quantitative estimate of drug-likeness (QED) is 0.539. The summed E-state index contributed by atoms with van der Waals surface area (Å²) in [4.78, 5) is 23.8. The zero-order chi connectivity index (χ0) is 16.5. The van der Waals surface area contributed by atoms with Crippen LogP contribution in [0.25, 0.3) is 0 Å². The maximum Gasteiger partial charge on any atom is 0.338 e. The molecule has 0 aromatic heterocycles. The van der Waals surface area contributed by atoms with E-state index in [-0.39, 0.29) is 13.2 Å². The molecule has 118 valence electrons. The van der Waals surface area contributed by atoms with E-state index in [0.29, 0.717) is 24.0 Å². The molecule has 0 saturated heterocycles. The van der Waals surface area contributed by atoms with Crippen molar-refractivity contribution in [3.8, 4) is 0 Å². The molecule has 4 heteroatoms. The molecule has 0 amide bonds. The molecule has 0 fully saturated rings. The van der Waals surface area contributed by atoms with Gasteiger partial charge in [-0.2, -0.15) is 0 Å². The van der Waals surface area contributed by atoms with Gasteiger partial charge in [0.25, 0.3) is 0 Å². The summed E-state index contributed by atoms with van der Waals surface area (Å²) in [5.74, 6) is -0.921. The van der Waals surface area contributed by atoms with Crippen LogP contribution in [0.5, 0.6) is 0 Å². The van der Waals surface area contributed by atoms with Crippen molar-refractivity contribution in [1.29, 1.82) is 0 Å². The van der Waals surface area contributed by atoms with E-state index in [1.54, 1.807) is 18.2 Å². The highest BCUT2D eigenvalue weighted by Gasteiger charge is 2.12. The second-order valence-electron chi connectivity index (χ2n) is 5.27. The Bertz CT molecular complexity index is 525. The maximum atomic E-state index is 11.9. The van der Waals surface area contributed by atoms with Gasteiger partial charge >= 0.3 is 11.9 Å². The fraction of sp³-hybridized carbons (Fsp3) is 0.333. The highest BCUT2D eigenvalue weighted by atomic mass is 16.5. The number of carbonyl (C=O) groups is 2. The molecule has 0 heterocycles. The molecule has 0 spiro atoms. The van der Waals surface area contributed by atoms with Gasteiger partial charge in [-0.3, -0.25) is 0 Å². The minimum Gasteiger partial charge on any atom is -0.462 e. The average molecular weight is 302 g/mol. The van der Waals surface area contributed by atoms with Crippen molar-refractivity contribution in [1.82, 2.24) is 0 Å². The largest absolute Gasteiger partial charge is 0.462 e. The van der Waals surface area contributed by atoms with Crippen molar-refractivity contribution in [2.45, 2.75) is 26.7 Å². The summed E-state index contributed by atoms with van der Waals surface area (Å²) in [6.07, 6.45) is 1.24. The Labute approximate surface area is 131 Å². The fourth-order valence-corrected chi connectivity index (χ4v) is 1.58. The van der Waals surface area contributed by atoms with Crippen molar-refractivity contribution in [2.75, 3.05) is 13.2 Å². The molecule has 0 saturated carbocycles. The number of hydrogen-bond donors (Lipinski definition) is 0. The zero-order valence-corrected chi connectivity index (χ0v) is 13.2. The van der Waals surface area contributed by atoms with Gasteiger partial charge < -0.3 is 9.47 Å². The molecule has 1 aromatic carbocycles. The highest BCUT2D eigenvalue weighted by Crippen LogP contribution is 2.10. The van der Waals surface area contributed by atoms with Crippen LogP contribution in [-0.2, 0) is 9.47 Å². The molecule has 0 bridgehead atoms. The number of rotatable bonds is 8. The van der Waals surface area contributed by atoms with Crippen molar-refractivity contribution < 1.29 is 19.1 Å². The Morgan fingerprint density at radius 2 is 1.32 bits per heavy atom. The Hall–Kier alpha value is -2.36. The summed E-state index contributed by atoms with van der Waals surface area (Å²) in [6.45, 7) is 11.8. The van der Waals surface area contributed by atoms with E-state index in [9.17, 15) is 9.59 Å². The third-order valence-electron chi connectivity index (χ3n) is 2.86. The van der Waals surface area contributed by atoms with Gasteiger partial charge in [-0.15, -0.1) is 13.2 Å². The molecular formula is C18H22O4. The first-order valence-electron chi connectivity index (χ1n) is 7.13. The number of esters is 2. The van der Waals surface area contributed by atoms with Crippen molar-refractivity contribution in [3.05, 3.63) is 59.7 Å². The predicted octanol–water partition coefficient (Wildman–Crippen LogP) is 3.93. The molecule has 0 aliphatic carbocycles. The van der Waals surface area contributed by atoms with Crippen molar-refractivity contribution in [2.24, 2.45) is 0 Å². The van der Waals surface area contributed by atoms with E-state index in [0.717, 1.165) is 11.1 Å². The van der Waals surface area contributed by atoms with Gasteiger partial charge in [-0.1, -0.05) is 17.2 Å². The number of hydrogen-bond acceptors (Lipinski definition) is 4. The minimum absolute atomic E-state index is 0.279. The van der Waals surface area contributed by atoms with Gasteiger partial charge in [0.05, 0.1) is 24.3 Å². The minimum atomic E-state index is -0.460. The van der Waals surface area contributed by atoms with Crippen LogP contribution in [0.15, 0.2) is 48.6 Å². The first-order chi connectivity index (χ1) is 10.4. The maximum absolute atomic E-state index is 11.9. The second-order valence-corrected chi connectivity index (χ2v) is 5.27. The molecule has 0 radical (unpaired) electrons. The van der Waals surface area contributed by atoms with Crippen LogP contribution in [0.2, 0.25) is 0 Å². The summed E-state index contributed by atoms with van der Waals surface area (Å²) in [7, 11) is 0. The van der Waals surface area contributed by atoms with Crippen LogP contribution in [0.1, 0.15) is 47.4 Å². The Kier molecular flexibility index (Phi) is 7.09. The average Bonchev–Trinajstić information content (AvgIpc) is 2.46. The van der Waals surface area contributed by atoms with Gasteiger partial charge in [0.15, 0.2) is 0 Å². The molecule has 0 N–H and O–H groups in total. The first-order valence-corrected chi connectivity index (χ1v) is 7.13. The second kappa shape index (κ2) is 8.82. The van der Waals surface area contributed by atoms with Gasteiger partial charge in [0.2, 0.25) is 0 Å². The molecule has 0 atom stereocenters. The predicted molar refractivity (Wildman–Crippen MR) is 85.9 cm³/mol. The summed E-state index contributed by atoms with van der Waals surface area (Å²) in [6, 6.07) is 6.32. The van der Waals surface area contributed by atoms with E-state index in [1.165, 1.54) is 6.07 Å². The lowest BCUT2D eigenvalue weighted by Crippen LogP contribution is -2.10. The number of carbonyl (C=O) groups excluding carboxylic acids is 2. The monoisotopic (exact) mass is 302 g/mol. The third kappa shape index (κ3) is 6.39. The van der Waals surface area contributed by atoms with Crippen LogP contribution in [0.3, 0.4) is 0 Å². The summed E-state index contributed by atoms with van der Waals surface area (Å²) in [5, 5.41) is 0. The number of ether oxygens (including phenoxy) is 2. The molecule has 22 heavy (non-hydrogen) atoms. The molecule has 1 aromatic rings. The van der Waals surface area contributed by atoms with E-state index in [1.807, 2.05) is 13.8 Å². The van der Waals surface area contributed by atoms with Gasteiger partial charge in [0, 0.05) is 12.8 Å². The highest BCUT2D eigenvalue weighted by molar-refractivity contribution is 5.95. The summed E-state index contributed by atoms with van der Waals surface area (Å²) < 4.78 is 10.2. The van der Waals surface area contributed by atoms with Crippen LogP contribution in [0, 0.1) is 0 Å². The molecular weight excluding hydrogens is 280 g/mol. The topological polar surface area (TPSA) is 52.6 Å². The summed E-state index contributed by atoms with van der Waals surface area (Å²) >= 11 is 0. The lowest BCUT2D eigenvalue weighted by molar-refractivity contribution is 0.0508. The lowest BCUT2D eigenvalue weighted by Gasteiger charge is -2.07. The fourth-order valence-electron chi connectivity index (χ4n) is 1.58. The molecule has 0 aliphatic heterocycles. The Morgan fingerprint density at radius 3 is 1.68 bits per heavy atom. The standard InChI is InChI=1S/C18H22O4/c1-13(2)8-10-21-17(19)15-6-5-7-16(12-15)18(20)22-11-9-14(3)4/h5-7,12H,1,3,8-11H2,2,4H3. The first kappa shape index (κ1) is 17.7. The van der Waals surface area contributed by atoms with E-state index >= 15 is 0 Å². The van der Waals surface area contributed by atoms with E-state index < -0.39 is 11.9 Å². The normalized spacial score (nSPS) is 9.91. The van der Waals surface area contributed by atoms with Crippen molar-refractivity contribution in [3.63, 3.8) is 0 Å². The molecule has 1 rings (SSSR count). The lowest BCUT2D eigenvalue weighted by atomic mass is 10.1. The Morgan fingerprint density at radius 1 is 0.909 bits per heavy atom.